The fourth-order valence-corrected chi connectivity index (χ4v) is 5.41. The third kappa shape index (κ3) is 4.57. The summed E-state index contributed by atoms with van der Waals surface area (Å²) in [5.41, 5.74) is 2.95. The number of hydrogen-bond acceptors (Lipinski definition) is 5. The average molecular weight is 445 g/mol. The van der Waals surface area contributed by atoms with Crippen LogP contribution in [0, 0.1) is 6.92 Å². The summed E-state index contributed by atoms with van der Waals surface area (Å²) >= 11 is 5.96. The summed E-state index contributed by atoms with van der Waals surface area (Å²) in [6.07, 6.45) is 0.407. The summed E-state index contributed by atoms with van der Waals surface area (Å²) in [6, 6.07) is 16.1. The molecule has 1 aromatic heterocycles. The van der Waals surface area contributed by atoms with E-state index in [1.807, 2.05) is 43.3 Å². The molecule has 1 atom stereocenters. The minimum Gasteiger partial charge on any atom is -0.355 e. The minimum atomic E-state index is -3.16. The first-order valence-corrected chi connectivity index (χ1v) is 11.8. The molecule has 6 nitrogen and oxygen atoms in total. The molecule has 1 unspecified atom stereocenters. The molecule has 1 saturated heterocycles. The van der Waals surface area contributed by atoms with E-state index in [0.29, 0.717) is 17.2 Å². The Hall–Kier alpha value is -2.64. The number of carbonyl (C=O) groups is 1. The number of nitrogens with zero attached hydrogens (tertiary/aromatic N) is 2. The number of benzene rings is 2. The molecule has 0 aliphatic carbocycles. The number of hydrogen-bond donors (Lipinski definition) is 0. The van der Waals surface area contributed by atoms with Crippen molar-refractivity contribution in [3.05, 3.63) is 76.4 Å². The van der Waals surface area contributed by atoms with E-state index in [-0.39, 0.29) is 29.7 Å². The number of amides is 1. The second-order valence-corrected chi connectivity index (χ2v) is 10.2. The van der Waals surface area contributed by atoms with E-state index in [1.54, 1.807) is 23.1 Å². The highest BCUT2D eigenvalue weighted by atomic mass is 35.5. The highest BCUT2D eigenvalue weighted by molar-refractivity contribution is 7.91. The van der Waals surface area contributed by atoms with Crippen LogP contribution in [0.2, 0.25) is 5.02 Å². The zero-order valence-electron chi connectivity index (χ0n) is 16.4. The number of halogens is 1. The van der Waals surface area contributed by atoms with Gasteiger partial charge in [-0.15, -0.1) is 0 Å². The summed E-state index contributed by atoms with van der Waals surface area (Å²) in [5.74, 6) is 0.169. The van der Waals surface area contributed by atoms with Gasteiger partial charge in [0, 0.05) is 29.2 Å². The summed E-state index contributed by atoms with van der Waals surface area (Å²) in [7, 11) is -3.16. The molecular formula is C22H21ClN2O4S. The molecule has 0 bridgehead atoms. The predicted molar refractivity (Wildman–Crippen MR) is 115 cm³/mol. The Labute approximate surface area is 180 Å². The first-order valence-electron chi connectivity index (χ1n) is 9.60. The van der Waals surface area contributed by atoms with Gasteiger partial charge in [0.2, 0.25) is 0 Å². The Balaban J connectivity index is 1.62. The van der Waals surface area contributed by atoms with Gasteiger partial charge in [-0.3, -0.25) is 4.79 Å². The summed E-state index contributed by atoms with van der Waals surface area (Å²) in [6.45, 7) is 2.26. The second kappa shape index (κ2) is 8.24. The van der Waals surface area contributed by atoms with Crippen molar-refractivity contribution in [2.45, 2.75) is 25.9 Å². The summed E-state index contributed by atoms with van der Waals surface area (Å²) < 4.78 is 29.5. The van der Waals surface area contributed by atoms with Gasteiger partial charge in [0.25, 0.3) is 5.91 Å². The zero-order chi connectivity index (χ0) is 21.3. The molecule has 8 heteroatoms. The maximum Gasteiger partial charge on any atom is 0.276 e. The first kappa shape index (κ1) is 20.6. The van der Waals surface area contributed by atoms with Crippen LogP contribution >= 0.6 is 11.6 Å². The highest BCUT2D eigenvalue weighted by Gasteiger charge is 2.36. The highest BCUT2D eigenvalue weighted by Crippen LogP contribution is 2.25. The topological polar surface area (TPSA) is 80.5 Å². The van der Waals surface area contributed by atoms with Crippen LogP contribution in [0.1, 0.15) is 28.0 Å². The molecule has 4 rings (SSSR count). The third-order valence-corrected chi connectivity index (χ3v) is 7.24. The molecule has 2 aromatic carbocycles. The second-order valence-electron chi connectivity index (χ2n) is 7.56. The Morgan fingerprint density at radius 3 is 2.50 bits per heavy atom. The molecule has 3 aromatic rings. The van der Waals surface area contributed by atoms with Gasteiger partial charge >= 0.3 is 0 Å². The zero-order valence-corrected chi connectivity index (χ0v) is 18.0. The van der Waals surface area contributed by atoms with E-state index in [1.165, 1.54) is 0 Å². The first-order chi connectivity index (χ1) is 14.3. The lowest BCUT2D eigenvalue weighted by Gasteiger charge is -2.27. The van der Waals surface area contributed by atoms with Gasteiger partial charge in [0.1, 0.15) is 0 Å². The fourth-order valence-electron chi connectivity index (χ4n) is 3.55. The Bertz CT molecular complexity index is 1150. The van der Waals surface area contributed by atoms with Gasteiger partial charge < -0.3 is 9.42 Å². The third-order valence-electron chi connectivity index (χ3n) is 5.24. The number of sulfone groups is 1. The molecular weight excluding hydrogens is 424 g/mol. The van der Waals surface area contributed by atoms with Gasteiger partial charge in [-0.2, -0.15) is 0 Å². The van der Waals surface area contributed by atoms with Crippen molar-refractivity contribution in [2.75, 3.05) is 11.5 Å². The SMILES string of the molecule is Cc1ccc(-c2cc(C(=O)N(Cc3ccc(Cl)cc3)C3CCS(=O)(=O)C3)no2)cc1. The summed E-state index contributed by atoms with van der Waals surface area (Å²) in [4.78, 5) is 14.9. The van der Waals surface area contributed by atoms with Crippen LogP contribution < -0.4 is 0 Å². The van der Waals surface area contributed by atoms with Crippen LogP contribution in [0.25, 0.3) is 11.3 Å². The molecule has 0 radical (unpaired) electrons. The maximum atomic E-state index is 13.3. The molecule has 156 valence electrons. The lowest BCUT2D eigenvalue weighted by atomic mass is 10.1. The van der Waals surface area contributed by atoms with Crippen molar-refractivity contribution in [2.24, 2.45) is 0 Å². The van der Waals surface area contributed by atoms with Gasteiger partial charge in [0.05, 0.1) is 11.5 Å². The van der Waals surface area contributed by atoms with Crippen LogP contribution in [0.3, 0.4) is 0 Å². The van der Waals surface area contributed by atoms with Crippen LogP contribution in [0.15, 0.2) is 59.1 Å². The number of rotatable bonds is 5. The molecule has 1 fully saturated rings. The van der Waals surface area contributed by atoms with Crippen molar-refractivity contribution in [1.29, 1.82) is 0 Å². The lowest BCUT2D eigenvalue weighted by molar-refractivity contribution is 0.0670. The average Bonchev–Trinajstić information content (AvgIpc) is 3.34. The normalized spacial score (nSPS) is 17.7. The molecule has 1 aliphatic rings. The van der Waals surface area contributed by atoms with Crippen LogP contribution in [0.4, 0.5) is 0 Å². The quantitative estimate of drug-likeness (QED) is 0.591. The van der Waals surface area contributed by atoms with Crippen molar-refractivity contribution < 1.29 is 17.7 Å². The molecule has 0 spiro atoms. The van der Waals surface area contributed by atoms with E-state index in [4.69, 9.17) is 16.1 Å². The van der Waals surface area contributed by atoms with Gasteiger partial charge in [0.15, 0.2) is 21.3 Å². The van der Waals surface area contributed by atoms with Crippen molar-refractivity contribution in [3.63, 3.8) is 0 Å². The number of aryl methyl sites for hydroxylation is 1. The fraction of sp³-hybridized carbons (Fsp3) is 0.273. The molecule has 1 aliphatic heterocycles. The van der Waals surface area contributed by atoms with Gasteiger partial charge in [-0.1, -0.05) is 58.7 Å². The van der Waals surface area contributed by atoms with Crippen LogP contribution in [0.5, 0.6) is 0 Å². The standard InChI is InChI=1S/C22H21ClN2O4S/c1-15-2-6-17(7-3-15)21-12-20(24-29-21)22(26)25(19-10-11-30(27,28)14-19)13-16-4-8-18(23)9-5-16/h2-9,12,19H,10-11,13-14H2,1H3. The Kier molecular flexibility index (Phi) is 5.66. The Morgan fingerprint density at radius 1 is 1.17 bits per heavy atom. The van der Waals surface area contributed by atoms with E-state index < -0.39 is 15.9 Å². The molecule has 0 N–H and O–H groups in total. The molecule has 1 amide bonds. The largest absolute Gasteiger partial charge is 0.355 e. The summed E-state index contributed by atoms with van der Waals surface area (Å²) in [5, 5.41) is 4.56. The van der Waals surface area contributed by atoms with Crippen molar-refractivity contribution in [1.82, 2.24) is 10.1 Å². The maximum absolute atomic E-state index is 13.3. The molecule has 2 heterocycles. The van der Waals surface area contributed by atoms with E-state index >= 15 is 0 Å². The van der Waals surface area contributed by atoms with Crippen molar-refractivity contribution in [3.8, 4) is 11.3 Å². The van der Waals surface area contributed by atoms with E-state index in [9.17, 15) is 13.2 Å². The van der Waals surface area contributed by atoms with E-state index in [2.05, 4.69) is 5.16 Å². The number of carbonyl (C=O) groups excluding carboxylic acids is 1. The van der Waals surface area contributed by atoms with Gasteiger partial charge in [-0.25, -0.2) is 8.42 Å². The minimum absolute atomic E-state index is 0.0466. The number of aromatic nitrogens is 1. The molecule has 0 saturated carbocycles. The van der Waals surface area contributed by atoms with Crippen molar-refractivity contribution >= 4 is 27.3 Å². The van der Waals surface area contributed by atoms with Crippen LogP contribution in [-0.4, -0.2) is 41.9 Å². The smallest absolute Gasteiger partial charge is 0.276 e. The molecule has 30 heavy (non-hydrogen) atoms. The van der Waals surface area contributed by atoms with Gasteiger partial charge in [-0.05, 0) is 31.0 Å². The van der Waals surface area contributed by atoms with Crippen LogP contribution in [-0.2, 0) is 16.4 Å². The predicted octanol–water partition coefficient (Wildman–Crippen LogP) is 4.13. The van der Waals surface area contributed by atoms with E-state index in [0.717, 1.165) is 16.7 Å². The Morgan fingerprint density at radius 2 is 1.87 bits per heavy atom. The monoisotopic (exact) mass is 444 g/mol. The lowest BCUT2D eigenvalue weighted by Crippen LogP contribution is -2.40.